The average molecular weight is 459 g/mol. The SMILES string of the molecule is CN(C)CCOc1cnc(-c2cccc(CNc3nc(-c4cnn(C)c4)cnc3N=N)c2)nc1. The van der Waals surface area contributed by atoms with Gasteiger partial charge in [0.2, 0.25) is 5.82 Å². The molecule has 11 heteroatoms. The summed E-state index contributed by atoms with van der Waals surface area (Å²) in [4.78, 5) is 19.8. The summed E-state index contributed by atoms with van der Waals surface area (Å²) in [5, 5.41) is 10.9. The highest BCUT2D eigenvalue weighted by Crippen LogP contribution is 2.25. The molecule has 0 unspecified atom stereocenters. The minimum absolute atomic E-state index is 0.219. The van der Waals surface area contributed by atoms with Crippen molar-refractivity contribution in [1.82, 2.24) is 34.6 Å². The first kappa shape index (κ1) is 22.9. The topological polar surface area (TPSA) is 130 Å². The number of hydrogen-bond donors (Lipinski definition) is 2. The summed E-state index contributed by atoms with van der Waals surface area (Å²) in [7, 11) is 5.83. The minimum Gasteiger partial charge on any atom is -0.489 e. The fourth-order valence-electron chi connectivity index (χ4n) is 3.17. The molecular weight excluding hydrogens is 432 g/mol. The molecule has 0 spiro atoms. The Bertz CT molecular complexity index is 1250. The predicted molar refractivity (Wildman–Crippen MR) is 128 cm³/mol. The zero-order valence-corrected chi connectivity index (χ0v) is 19.3. The van der Waals surface area contributed by atoms with Gasteiger partial charge in [0.1, 0.15) is 6.61 Å². The number of nitrogens with zero attached hydrogens (tertiary/aromatic N) is 8. The lowest BCUT2D eigenvalue weighted by molar-refractivity contribution is 0.260. The predicted octanol–water partition coefficient (Wildman–Crippen LogP) is 3.55. The van der Waals surface area contributed by atoms with E-state index >= 15 is 0 Å². The monoisotopic (exact) mass is 458 g/mol. The van der Waals surface area contributed by atoms with Crippen LogP contribution in [0.25, 0.3) is 22.6 Å². The van der Waals surface area contributed by atoms with Crippen molar-refractivity contribution in [1.29, 1.82) is 5.53 Å². The van der Waals surface area contributed by atoms with Crippen molar-refractivity contribution < 1.29 is 4.74 Å². The van der Waals surface area contributed by atoms with Crippen molar-refractivity contribution in [2.75, 3.05) is 32.6 Å². The molecule has 3 heterocycles. The molecule has 0 saturated heterocycles. The third kappa shape index (κ3) is 5.75. The molecule has 0 aliphatic heterocycles. The van der Waals surface area contributed by atoms with E-state index in [0.29, 0.717) is 36.2 Å². The van der Waals surface area contributed by atoms with Crippen molar-refractivity contribution >= 4 is 11.6 Å². The fraction of sp³-hybridized carbons (Fsp3) is 0.261. The maximum Gasteiger partial charge on any atom is 0.216 e. The van der Waals surface area contributed by atoms with Gasteiger partial charge in [0.15, 0.2) is 17.4 Å². The summed E-state index contributed by atoms with van der Waals surface area (Å²) < 4.78 is 7.36. The van der Waals surface area contributed by atoms with E-state index in [9.17, 15) is 0 Å². The molecule has 0 amide bonds. The molecule has 174 valence electrons. The van der Waals surface area contributed by atoms with Gasteiger partial charge in [-0.15, -0.1) is 5.11 Å². The summed E-state index contributed by atoms with van der Waals surface area (Å²) in [6, 6.07) is 7.90. The van der Waals surface area contributed by atoms with Gasteiger partial charge in [-0.3, -0.25) is 4.68 Å². The lowest BCUT2D eigenvalue weighted by Gasteiger charge is -2.11. The van der Waals surface area contributed by atoms with Gasteiger partial charge in [-0.2, -0.15) is 5.10 Å². The van der Waals surface area contributed by atoms with Crippen LogP contribution in [0.5, 0.6) is 5.75 Å². The highest BCUT2D eigenvalue weighted by Gasteiger charge is 2.11. The van der Waals surface area contributed by atoms with E-state index in [4.69, 9.17) is 10.3 Å². The standard InChI is InChI=1S/C23H26N10O/c1-32(2)7-8-34-19-12-26-21(27-13-19)17-6-4-5-16(9-17)10-25-22-23(31-24)28-14-20(30-22)18-11-29-33(3)15-18/h4-6,9,11-15,24H,7-8,10H2,1-3H3,(H,25,30). The van der Waals surface area contributed by atoms with Crippen molar-refractivity contribution in [2.45, 2.75) is 6.54 Å². The second kappa shape index (κ2) is 10.6. The van der Waals surface area contributed by atoms with Crippen LogP contribution in [0.2, 0.25) is 0 Å². The molecule has 0 radical (unpaired) electrons. The van der Waals surface area contributed by atoms with Gasteiger partial charge < -0.3 is 15.0 Å². The third-order valence-electron chi connectivity index (χ3n) is 4.94. The van der Waals surface area contributed by atoms with Crippen LogP contribution in [-0.4, -0.2) is 61.9 Å². The maximum absolute atomic E-state index is 7.41. The number of benzene rings is 1. The second-order valence-electron chi connectivity index (χ2n) is 7.89. The van der Waals surface area contributed by atoms with Crippen LogP contribution in [0.15, 0.2) is 60.4 Å². The molecule has 0 aliphatic rings. The van der Waals surface area contributed by atoms with Crippen LogP contribution in [-0.2, 0) is 13.6 Å². The van der Waals surface area contributed by atoms with Crippen molar-refractivity contribution in [3.63, 3.8) is 0 Å². The molecule has 34 heavy (non-hydrogen) atoms. The summed E-state index contributed by atoms with van der Waals surface area (Å²) in [6.45, 7) is 1.86. The fourth-order valence-corrected chi connectivity index (χ4v) is 3.17. The number of nitrogens with one attached hydrogen (secondary N) is 2. The summed E-state index contributed by atoms with van der Waals surface area (Å²) >= 11 is 0. The highest BCUT2D eigenvalue weighted by molar-refractivity contribution is 5.64. The molecule has 0 fully saturated rings. The molecule has 1 aromatic carbocycles. The zero-order valence-electron chi connectivity index (χ0n) is 19.3. The molecule has 4 rings (SSSR count). The number of aromatic nitrogens is 6. The molecule has 11 nitrogen and oxygen atoms in total. The van der Waals surface area contributed by atoms with Gasteiger partial charge >= 0.3 is 0 Å². The van der Waals surface area contributed by atoms with Gasteiger partial charge in [-0.1, -0.05) is 18.2 Å². The van der Waals surface area contributed by atoms with Crippen molar-refractivity contribution in [3.8, 4) is 28.4 Å². The summed E-state index contributed by atoms with van der Waals surface area (Å²) in [5.74, 6) is 1.90. The number of hydrogen-bond acceptors (Lipinski definition) is 10. The molecule has 0 bridgehead atoms. The van der Waals surface area contributed by atoms with Gasteiger partial charge in [-0.05, 0) is 25.7 Å². The quantitative estimate of drug-likeness (QED) is 0.345. The molecule has 2 N–H and O–H groups in total. The number of likely N-dealkylation sites (N-methyl/N-ethyl adjacent to an activating group) is 1. The van der Waals surface area contributed by atoms with E-state index in [1.54, 1.807) is 29.5 Å². The van der Waals surface area contributed by atoms with Gasteiger partial charge in [0.25, 0.3) is 0 Å². The molecule has 0 atom stereocenters. The Morgan fingerprint density at radius 1 is 1.09 bits per heavy atom. The highest BCUT2D eigenvalue weighted by atomic mass is 16.5. The Morgan fingerprint density at radius 3 is 2.62 bits per heavy atom. The first-order valence-electron chi connectivity index (χ1n) is 10.7. The Hall–Kier alpha value is -4.25. The number of rotatable bonds is 10. The van der Waals surface area contributed by atoms with Gasteiger partial charge in [-0.25, -0.2) is 25.5 Å². The summed E-state index contributed by atoms with van der Waals surface area (Å²) in [5.41, 5.74) is 10.8. The molecular formula is C23H26N10O. The molecule has 4 aromatic rings. The van der Waals surface area contributed by atoms with E-state index < -0.39 is 0 Å². The lowest BCUT2D eigenvalue weighted by Crippen LogP contribution is -2.19. The molecule has 0 aliphatic carbocycles. The summed E-state index contributed by atoms with van der Waals surface area (Å²) in [6.07, 6.45) is 8.52. The number of anilines is 1. The van der Waals surface area contributed by atoms with Crippen LogP contribution in [0.1, 0.15) is 5.56 Å². The normalized spacial score (nSPS) is 10.9. The van der Waals surface area contributed by atoms with Crippen LogP contribution in [0.4, 0.5) is 11.6 Å². The zero-order chi connectivity index (χ0) is 23.9. The lowest BCUT2D eigenvalue weighted by atomic mass is 10.1. The van der Waals surface area contributed by atoms with E-state index in [0.717, 1.165) is 23.2 Å². The van der Waals surface area contributed by atoms with E-state index in [-0.39, 0.29) is 5.82 Å². The third-order valence-corrected chi connectivity index (χ3v) is 4.94. The first-order valence-corrected chi connectivity index (χ1v) is 10.7. The van der Waals surface area contributed by atoms with Gasteiger partial charge in [0, 0.05) is 37.5 Å². The van der Waals surface area contributed by atoms with E-state index in [1.165, 1.54) is 0 Å². The van der Waals surface area contributed by atoms with E-state index in [2.05, 4.69) is 40.4 Å². The van der Waals surface area contributed by atoms with Crippen LogP contribution in [0, 0.1) is 5.53 Å². The van der Waals surface area contributed by atoms with Crippen LogP contribution >= 0.6 is 0 Å². The van der Waals surface area contributed by atoms with Crippen LogP contribution < -0.4 is 10.1 Å². The van der Waals surface area contributed by atoms with Crippen molar-refractivity contribution in [2.24, 2.45) is 12.2 Å². The van der Waals surface area contributed by atoms with Crippen molar-refractivity contribution in [3.05, 3.63) is 60.8 Å². The first-order chi connectivity index (χ1) is 16.5. The second-order valence-corrected chi connectivity index (χ2v) is 7.89. The van der Waals surface area contributed by atoms with Crippen LogP contribution in [0.3, 0.4) is 0 Å². The molecule has 3 aromatic heterocycles. The number of aryl methyl sites for hydroxylation is 1. The largest absolute Gasteiger partial charge is 0.489 e. The number of ether oxygens (including phenoxy) is 1. The molecule has 0 saturated carbocycles. The maximum atomic E-state index is 7.41. The van der Waals surface area contributed by atoms with Gasteiger partial charge in [0.05, 0.1) is 30.5 Å². The average Bonchev–Trinajstić information content (AvgIpc) is 3.29. The van der Waals surface area contributed by atoms with E-state index in [1.807, 2.05) is 51.6 Å². The minimum atomic E-state index is 0.219. The Balaban J connectivity index is 1.45. The Labute approximate surface area is 197 Å². The smallest absolute Gasteiger partial charge is 0.216 e. The Kier molecular flexibility index (Phi) is 7.13. The Morgan fingerprint density at radius 2 is 1.91 bits per heavy atom.